The Morgan fingerprint density at radius 2 is 2.19 bits per heavy atom. The summed E-state index contributed by atoms with van der Waals surface area (Å²) in [4.78, 5) is 36.7. The summed E-state index contributed by atoms with van der Waals surface area (Å²) in [6.07, 6.45) is -0.401. The van der Waals surface area contributed by atoms with Crippen LogP contribution in [0, 0.1) is 3.57 Å². The first-order valence-corrected chi connectivity index (χ1v) is 8.03. The molecule has 1 aromatic rings. The lowest BCUT2D eigenvalue weighted by molar-refractivity contribution is -0.142. The van der Waals surface area contributed by atoms with Crippen LogP contribution in [-0.4, -0.2) is 46.9 Å². The molecule has 2 N–H and O–H groups in total. The first kappa shape index (κ1) is 16.2. The summed E-state index contributed by atoms with van der Waals surface area (Å²) in [5, 5.41) is 11.5. The van der Waals surface area contributed by atoms with Gasteiger partial charge in [-0.15, -0.1) is 0 Å². The average molecular weight is 467 g/mol. The van der Waals surface area contributed by atoms with E-state index in [1.807, 2.05) is 28.7 Å². The number of aliphatic carboxylic acids is 1. The van der Waals surface area contributed by atoms with Crippen molar-refractivity contribution in [1.29, 1.82) is 0 Å². The zero-order valence-electron chi connectivity index (χ0n) is 10.8. The number of amides is 2. The van der Waals surface area contributed by atoms with E-state index in [1.54, 1.807) is 12.1 Å². The normalized spacial score (nSPS) is 18.3. The molecule has 21 heavy (non-hydrogen) atoms. The fraction of sp³-hybridized carbons (Fsp3) is 0.308. The SMILES string of the molecule is O=C(O)CC1C(=O)NCCN1C(=O)c1cc(Br)ccc1I. The van der Waals surface area contributed by atoms with E-state index in [4.69, 9.17) is 5.11 Å². The first-order valence-electron chi connectivity index (χ1n) is 6.15. The Kier molecular flexibility index (Phi) is 5.20. The van der Waals surface area contributed by atoms with Crippen molar-refractivity contribution in [3.8, 4) is 0 Å². The fourth-order valence-electron chi connectivity index (χ4n) is 2.14. The van der Waals surface area contributed by atoms with E-state index in [0.29, 0.717) is 18.7 Å². The summed E-state index contributed by atoms with van der Waals surface area (Å²) < 4.78 is 1.50. The van der Waals surface area contributed by atoms with Crippen molar-refractivity contribution >= 4 is 56.3 Å². The molecule has 0 radical (unpaired) electrons. The summed E-state index contributed by atoms with van der Waals surface area (Å²) in [5.41, 5.74) is 0.454. The maximum Gasteiger partial charge on any atom is 0.305 e. The molecule has 0 aromatic heterocycles. The topological polar surface area (TPSA) is 86.7 Å². The summed E-state index contributed by atoms with van der Waals surface area (Å²) in [5.74, 6) is -1.87. The highest BCUT2D eigenvalue weighted by molar-refractivity contribution is 14.1. The molecule has 1 heterocycles. The van der Waals surface area contributed by atoms with Gasteiger partial charge in [0.15, 0.2) is 0 Å². The molecule has 0 saturated carbocycles. The Morgan fingerprint density at radius 1 is 1.48 bits per heavy atom. The molecule has 6 nitrogen and oxygen atoms in total. The Balaban J connectivity index is 2.32. The predicted molar refractivity (Wildman–Crippen MR) is 86.9 cm³/mol. The van der Waals surface area contributed by atoms with E-state index in [0.717, 1.165) is 8.04 Å². The summed E-state index contributed by atoms with van der Waals surface area (Å²) in [6.45, 7) is 0.621. The standard InChI is InChI=1S/C13H12BrIN2O4/c14-7-1-2-9(15)8(5-7)13(21)17-4-3-16-12(20)10(17)6-11(18)19/h1-2,5,10H,3-4,6H2,(H,16,20)(H,18,19). The van der Waals surface area contributed by atoms with E-state index in [2.05, 4.69) is 21.2 Å². The number of carboxylic acid groups (broad SMARTS) is 1. The van der Waals surface area contributed by atoms with Crippen molar-refractivity contribution in [3.63, 3.8) is 0 Å². The van der Waals surface area contributed by atoms with Crippen LogP contribution in [0.5, 0.6) is 0 Å². The maximum absolute atomic E-state index is 12.6. The Morgan fingerprint density at radius 3 is 2.86 bits per heavy atom. The van der Waals surface area contributed by atoms with Crippen molar-refractivity contribution in [2.24, 2.45) is 0 Å². The zero-order valence-corrected chi connectivity index (χ0v) is 14.5. The van der Waals surface area contributed by atoms with E-state index in [-0.39, 0.29) is 5.91 Å². The molecular weight excluding hydrogens is 455 g/mol. The Hall–Kier alpha value is -1.16. The van der Waals surface area contributed by atoms with Crippen molar-refractivity contribution in [1.82, 2.24) is 10.2 Å². The molecule has 2 rings (SSSR count). The molecule has 1 aliphatic rings. The van der Waals surface area contributed by atoms with Gasteiger partial charge in [-0.3, -0.25) is 14.4 Å². The number of hydrogen-bond donors (Lipinski definition) is 2. The van der Waals surface area contributed by atoms with Crippen LogP contribution < -0.4 is 5.32 Å². The molecule has 2 amide bonds. The van der Waals surface area contributed by atoms with Crippen LogP contribution in [0.4, 0.5) is 0 Å². The number of rotatable bonds is 3. The minimum Gasteiger partial charge on any atom is -0.481 e. The monoisotopic (exact) mass is 466 g/mol. The molecule has 1 aliphatic heterocycles. The maximum atomic E-state index is 12.6. The van der Waals surface area contributed by atoms with Gasteiger partial charge in [0.05, 0.1) is 12.0 Å². The molecule has 1 aromatic carbocycles. The molecular formula is C13H12BrIN2O4. The summed E-state index contributed by atoms with van der Waals surface area (Å²) in [7, 11) is 0. The molecule has 1 saturated heterocycles. The average Bonchev–Trinajstić information content (AvgIpc) is 2.42. The van der Waals surface area contributed by atoms with Crippen LogP contribution in [0.25, 0.3) is 0 Å². The molecule has 1 atom stereocenters. The Labute approximate surface area is 143 Å². The van der Waals surface area contributed by atoms with Crippen LogP contribution in [-0.2, 0) is 9.59 Å². The lowest BCUT2D eigenvalue weighted by atomic mass is 10.1. The minimum atomic E-state index is -1.11. The van der Waals surface area contributed by atoms with Gasteiger partial charge in [-0.2, -0.15) is 0 Å². The van der Waals surface area contributed by atoms with Crippen LogP contribution in [0.15, 0.2) is 22.7 Å². The predicted octanol–water partition coefficient (Wildman–Crippen LogP) is 1.47. The number of carbonyl (C=O) groups is 3. The second-order valence-electron chi connectivity index (χ2n) is 4.53. The highest BCUT2D eigenvalue weighted by atomic mass is 127. The lowest BCUT2D eigenvalue weighted by Crippen LogP contribution is -2.57. The van der Waals surface area contributed by atoms with Gasteiger partial charge in [0.25, 0.3) is 5.91 Å². The van der Waals surface area contributed by atoms with Gasteiger partial charge < -0.3 is 15.3 Å². The number of carboxylic acids is 1. The number of nitrogens with zero attached hydrogens (tertiary/aromatic N) is 1. The highest BCUT2D eigenvalue weighted by Crippen LogP contribution is 2.22. The van der Waals surface area contributed by atoms with E-state index >= 15 is 0 Å². The second kappa shape index (κ2) is 6.73. The second-order valence-corrected chi connectivity index (χ2v) is 6.61. The molecule has 8 heteroatoms. The first-order chi connectivity index (χ1) is 9.90. The zero-order chi connectivity index (χ0) is 15.6. The Bertz CT molecular complexity index is 608. The molecule has 0 aliphatic carbocycles. The molecule has 1 unspecified atom stereocenters. The molecule has 1 fully saturated rings. The van der Waals surface area contributed by atoms with E-state index in [1.165, 1.54) is 4.90 Å². The molecule has 0 bridgehead atoms. The third-order valence-corrected chi connectivity index (χ3v) is 4.55. The smallest absolute Gasteiger partial charge is 0.305 e. The van der Waals surface area contributed by atoms with Crippen molar-refractivity contribution < 1.29 is 19.5 Å². The number of benzene rings is 1. The molecule has 112 valence electrons. The minimum absolute atomic E-state index is 0.297. The van der Waals surface area contributed by atoms with Crippen LogP contribution in [0.2, 0.25) is 0 Å². The lowest BCUT2D eigenvalue weighted by Gasteiger charge is -2.34. The van der Waals surface area contributed by atoms with E-state index in [9.17, 15) is 14.4 Å². The summed E-state index contributed by atoms with van der Waals surface area (Å²) in [6, 6.07) is 4.30. The van der Waals surface area contributed by atoms with Crippen LogP contribution in [0.1, 0.15) is 16.8 Å². The van der Waals surface area contributed by atoms with Gasteiger partial charge in [-0.25, -0.2) is 0 Å². The number of nitrogens with one attached hydrogen (secondary N) is 1. The van der Waals surface area contributed by atoms with Gasteiger partial charge in [-0.1, -0.05) is 15.9 Å². The number of halogens is 2. The van der Waals surface area contributed by atoms with Crippen molar-refractivity contribution in [2.45, 2.75) is 12.5 Å². The van der Waals surface area contributed by atoms with Gasteiger partial charge in [0.1, 0.15) is 6.04 Å². The van der Waals surface area contributed by atoms with Crippen molar-refractivity contribution in [3.05, 3.63) is 31.8 Å². The quantitative estimate of drug-likeness (QED) is 0.660. The largest absolute Gasteiger partial charge is 0.481 e. The fourth-order valence-corrected chi connectivity index (χ4v) is 3.07. The number of carbonyl (C=O) groups excluding carboxylic acids is 2. The van der Waals surface area contributed by atoms with Crippen molar-refractivity contribution in [2.75, 3.05) is 13.1 Å². The van der Waals surface area contributed by atoms with Crippen LogP contribution >= 0.6 is 38.5 Å². The number of piperazine rings is 1. The van der Waals surface area contributed by atoms with E-state index < -0.39 is 24.3 Å². The third-order valence-electron chi connectivity index (χ3n) is 3.12. The molecule has 0 spiro atoms. The van der Waals surface area contributed by atoms with Gasteiger partial charge in [0.2, 0.25) is 5.91 Å². The highest BCUT2D eigenvalue weighted by Gasteiger charge is 2.35. The third kappa shape index (κ3) is 3.73. The van der Waals surface area contributed by atoms with Gasteiger partial charge >= 0.3 is 5.97 Å². The van der Waals surface area contributed by atoms with Gasteiger partial charge in [-0.05, 0) is 40.8 Å². The van der Waals surface area contributed by atoms with Crippen LogP contribution in [0.3, 0.4) is 0 Å². The summed E-state index contributed by atoms with van der Waals surface area (Å²) >= 11 is 5.35. The number of hydrogen-bond acceptors (Lipinski definition) is 3. The van der Waals surface area contributed by atoms with Gasteiger partial charge in [0, 0.05) is 21.1 Å².